The summed E-state index contributed by atoms with van der Waals surface area (Å²) < 4.78 is 2.52. The molecule has 0 aliphatic rings. The predicted octanol–water partition coefficient (Wildman–Crippen LogP) is 2.44. The summed E-state index contributed by atoms with van der Waals surface area (Å²) in [5.41, 5.74) is 8.95. The third-order valence-corrected chi connectivity index (χ3v) is 3.95. The monoisotopic (exact) mass is 359 g/mol. The fourth-order valence-corrected chi connectivity index (χ4v) is 2.89. The molecule has 22 heavy (non-hydrogen) atoms. The van der Waals surface area contributed by atoms with Crippen molar-refractivity contribution in [1.82, 2.24) is 19.5 Å². The number of nitrogen functional groups attached to an aromatic ring is 1. The quantitative estimate of drug-likeness (QED) is 0.762. The molecule has 0 saturated heterocycles. The molecule has 3 aromatic rings. The summed E-state index contributed by atoms with van der Waals surface area (Å²) in [7, 11) is 3.46. The molecule has 3 rings (SSSR count). The van der Waals surface area contributed by atoms with Crippen LogP contribution < -0.4 is 5.73 Å². The number of carbonyl (C=O) groups excluding carboxylic acids is 1. The summed E-state index contributed by atoms with van der Waals surface area (Å²) in [5, 5.41) is 4.25. The van der Waals surface area contributed by atoms with E-state index in [0.29, 0.717) is 16.9 Å². The predicted molar refractivity (Wildman–Crippen MR) is 88.6 cm³/mol. The fourth-order valence-electron chi connectivity index (χ4n) is 2.30. The van der Waals surface area contributed by atoms with E-state index in [4.69, 9.17) is 5.73 Å². The number of benzene rings is 1. The van der Waals surface area contributed by atoms with Gasteiger partial charge in [-0.2, -0.15) is 5.10 Å². The van der Waals surface area contributed by atoms with Crippen LogP contribution in [0.2, 0.25) is 0 Å². The van der Waals surface area contributed by atoms with Crippen LogP contribution in [0.25, 0.3) is 16.8 Å². The van der Waals surface area contributed by atoms with Crippen LogP contribution in [-0.2, 0) is 0 Å². The highest BCUT2D eigenvalue weighted by Gasteiger charge is 2.15. The van der Waals surface area contributed by atoms with Gasteiger partial charge in [0.2, 0.25) is 0 Å². The van der Waals surface area contributed by atoms with Gasteiger partial charge < -0.3 is 10.6 Å². The number of aromatic nitrogens is 3. The van der Waals surface area contributed by atoms with E-state index in [0.717, 1.165) is 15.7 Å². The first-order valence-electron chi connectivity index (χ1n) is 6.59. The van der Waals surface area contributed by atoms with Crippen molar-refractivity contribution < 1.29 is 4.79 Å². The zero-order valence-electron chi connectivity index (χ0n) is 12.1. The number of hydrogen-bond acceptors (Lipinski definition) is 4. The minimum atomic E-state index is -0.0454. The smallest absolute Gasteiger partial charge is 0.253 e. The molecule has 112 valence electrons. The lowest BCUT2D eigenvalue weighted by atomic mass is 10.1. The van der Waals surface area contributed by atoms with Gasteiger partial charge in [0, 0.05) is 29.7 Å². The fraction of sp³-hybridized carbons (Fsp3) is 0.133. The van der Waals surface area contributed by atoms with E-state index in [1.807, 2.05) is 24.3 Å². The summed E-state index contributed by atoms with van der Waals surface area (Å²) in [6.07, 6.45) is 1.41. The number of halogens is 1. The molecular formula is C15H14BrN5O. The molecule has 0 saturated carbocycles. The molecule has 0 unspecified atom stereocenters. The topological polar surface area (TPSA) is 76.5 Å². The van der Waals surface area contributed by atoms with Crippen molar-refractivity contribution in [1.29, 1.82) is 0 Å². The molecule has 2 aromatic heterocycles. The van der Waals surface area contributed by atoms with Crippen LogP contribution in [0.3, 0.4) is 0 Å². The number of anilines is 1. The van der Waals surface area contributed by atoms with Crippen molar-refractivity contribution in [3.05, 3.63) is 46.7 Å². The number of fused-ring (bicyclic) bond motifs is 1. The maximum atomic E-state index is 12.1. The minimum absolute atomic E-state index is 0.0454. The lowest BCUT2D eigenvalue weighted by Crippen LogP contribution is -2.21. The van der Waals surface area contributed by atoms with Gasteiger partial charge in [-0.15, -0.1) is 0 Å². The van der Waals surface area contributed by atoms with Crippen molar-refractivity contribution in [3.63, 3.8) is 0 Å². The first-order valence-corrected chi connectivity index (χ1v) is 7.38. The molecule has 0 fully saturated rings. The average Bonchev–Trinajstić information content (AvgIpc) is 2.85. The molecule has 0 radical (unpaired) electrons. The van der Waals surface area contributed by atoms with Crippen LogP contribution >= 0.6 is 15.9 Å². The summed E-state index contributed by atoms with van der Waals surface area (Å²) >= 11 is 3.48. The molecule has 1 amide bonds. The number of hydrogen-bond donors (Lipinski definition) is 1. The Morgan fingerprint density at radius 2 is 2.09 bits per heavy atom. The van der Waals surface area contributed by atoms with E-state index >= 15 is 0 Å². The van der Waals surface area contributed by atoms with Crippen LogP contribution in [0.5, 0.6) is 0 Å². The molecule has 6 nitrogen and oxygen atoms in total. The van der Waals surface area contributed by atoms with E-state index in [-0.39, 0.29) is 5.91 Å². The first-order chi connectivity index (χ1) is 10.5. The van der Waals surface area contributed by atoms with Crippen LogP contribution in [0.4, 0.5) is 5.82 Å². The summed E-state index contributed by atoms with van der Waals surface area (Å²) in [6.45, 7) is 0. The molecule has 0 atom stereocenters. The Balaban J connectivity index is 2.19. The second kappa shape index (κ2) is 5.42. The standard InChI is InChI=1S/C15H14BrN5O/c1-20(2)15(22)10-5-3-4-9(6-10)12-7-11(16)13-14(17)18-8-19-21(12)13/h3-8H,1-2H3,(H2,17,18,19). The molecule has 2 heterocycles. The van der Waals surface area contributed by atoms with Gasteiger partial charge in [-0.05, 0) is 34.1 Å². The molecule has 0 aliphatic carbocycles. The zero-order valence-corrected chi connectivity index (χ0v) is 13.7. The van der Waals surface area contributed by atoms with E-state index in [1.165, 1.54) is 6.33 Å². The Labute approximate surface area is 135 Å². The maximum absolute atomic E-state index is 12.1. The van der Waals surface area contributed by atoms with E-state index in [2.05, 4.69) is 26.0 Å². The van der Waals surface area contributed by atoms with E-state index in [9.17, 15) is 4.79 Å². The van der Waals surface area contributed by atoms with Crippen LogP contribution in [0.15, 0.2) is 41.1 Å². The summed E-state index contributed by atoms with van der Waals surface area (Å²) in [5.74, 6) is 0.351. The second-order valence-corrected chi connectivity index (χ2v) is 5.92. The van der Waals surface area contributed by atoms with Gasteiger partial charge in [0.05, 0.1) is 5.69 Å². The second-order valence-electron chi connectivity index (χ2n) is 5.06. The Bertz CT molecular complexity index is 871. The molecule has 0 aliphatic heterocycles. The summed E-state index contributed by atoms with van der Waals surface area (Å²) in [4.78, 5) is 17.7. The molecule has 1 aromatic carbocycles. The average molecular weight is 360 g/mol. The number of carbonyl (C=O) groups is 1. The van der Waals surface area contributed by atoms with Gasteiger partial charge in [-0.25, -0.2) is 9.50 Å². The number of nitrogens with two attached hydrogens (primary N) is 1. The van der Waals surface area contributed by atoms with Crippen LogP contribution in [0.1, 0.15) is 10.4 Å². The van der Waals surface area contributed by atoms with Crippen molar-refractivity contribution >= 4 is 33.2 Å². The largest absolute Gasteiger partial charge is 0.382 e. The highest BCUT2D eigenvalue weighted by Crippen LogP contribution is 2.31. The highest BCUT2D eigenvalue weighted by molar-refractivity contribution is 9.10. The van der Waals surface area contributed by atoms with E-state index < -0.39 is 0 Å². The molecule has 7 heteroatoms. The normalized spacial score (nSPS) is 10.9. The van der Waals surface area contributed by atoms with E-state index in [1.54, 1.807) is 29.6 Å². The molecule has 0 bridgehead atoms. The SMILES string of the molecule is CN(C)C(=O)c1cccc(-c2cc(Br)c3c(N)ncnn23)c1. The number of amides is 1. The van der Waals surface area contributed by atoms with Gasteiger partial charge in [0.25, 0.3) is 5.91 Å². The lowest BCUT2D eigenvalue weighted by Gasteiger charge is -2.11. The van der Waals surface area contributed by atoms with Gasteiger partial charge in [0.1, 0.15) is 11.8 Å². The summed E-state index contributed by atoms with van der Waals surface area (Å²) in [6, 6.07) is 9.33. The number of nitrogens with zero attached hydrogens (tertiary/aromatic N) is 4. The van der Waals surface area contributed by atoms with Crippen LogP contribution in [-0.4, -0.2) is 39.5 Å². The lowest BCUT2D eigenvalue weighted by molar-refractivity contribution is 0.0827. The van der Waals surface area contributed by atoms with Gasteiger partial charge in [-0.1, -0.05) is 12.1 Å². The van der Waals surface area contributed by atoms with Crippen LogP contribution in [0, 0.1) is 0 Å². The molecule has 0 spiro atoms. The molecule has 2 N–H and O–H groups in total. The highest BCUT2D eigenvalue weighted by atomic mass is 79.9. The van der Waals surface area contributed by atoms with Crippen molar-refractivity contribution in [2.45, 2.75) is 0 Å². The van der Waals surface area contributed by atoms with Crippen molar-refractivity contribution in [2.24, 2.45) is 0 Å². The minimum Gasteiger partial charge on any atom is -0.382 e. The maximum Gasteiger partial charge on any atom is 0.253 e. The Morgan fingerprint density at radius 3 is 2.82 bits per heavy atom. The Morgan fingerprint density at radius 1 is 1.32 bits per heavy atom. The van der Waals surface area contributed by atoms with Gasteiger partial charge in [0.15, 0.2) is 5.82 Å². The van der Waals surface area contributed by atoms with Crippen molar-refractivity contribution in [2.75, 3.05) is 19.8 Å². The third-order valence-electron chi connectivity index (χ3n) is 3.35. The first kappa shape index (κ1) is 14.5. The van der Waals surface area contributed by atoms with Gasteiger partial charge >= 0.3 is 0 Å². The Hall–Kier alpha value is -2.41. The third kappa shape index (κ3) is 2.33. The molecular weight excluding hydrogens is 346 g/mol. The van der Waals surface area contributed by atoms with Gasteiger partial charge in [-0.3, -0.25) is 4.79 Å². The zero-order chi connectivity index (χ0) is 15.9. The van der Waals surface area contributed by atoms with Crippen molar-refractivity contribution in [3.8, 4) is 11.3 Å². The Kier molecular flexibility index (Phi) is 3.58. The number of rotatable bonds is 2.